The van der Waals surface area contributed by atoms with Gasteiger partial charge in [0.2, 0.25) is 0 Å². The maximum absolute atomic E-state index is 10.3. The topological polar surface area (TPSA) is 156 Å². The summed E-state index contributed by atoms with van der Waals surface area (Å²) in [6, 6.07) is 20.5. The molecule has 0 aliphatic rings. The summed E-state index contributed by atoms with van der Waals surface area (Å²) < 4.78 is 9.83. The van der Waals surface area contributed by atoms with Crippen molar-refractivity contribution >= 4 is 5.97 Å². The van der Waals surface area contributed by atoms with Crippen molar-refractivity contribution in [2.75, 3.05) is 6.61 Å². The van der Waals surface area contributed by atoms with Gasteiger partial charge in [0.1, 0.15) is 23.0 Å². The molecular weight excluding hydrogens is 514 g/mol. The number of hydrogen-bond donors (Lipinski definition) is 4. The molecule has 186 valence electrons. The maximum Gasteiger partial charge on any atom is 1.00 e. The number of hydrogen-bond acceptors (Lipinski definition) is 8. The number of rotatable bonds is 6. The van der Waals surface area contributed by atoms with Gasteiger partial charge >= 0.3 is 72.5 Å². The van der Waals surface area contributed by atoms with Crippen LogP contribution >= 0.6 is 0 Å². The molecule has 0 saturated carbocycles. The molecule has 0 aromatic heterocycles. The van der Waals surface area contributed by atoms with Crippen LogP contribution in [0.15, 0.2) is 85.3 Å². The van der Waals surface area contributed by atoms with Crippen LogP contribution in [0.1, 0.15) is 12.6 Å². The fourth-order valence-corrected chi connectivity index (χ4v) is 2.22. The predicted octanol–water partition coefficient (Wildman–Crippen LogP) is -4.16. The van der Waals surface area contributed by atoms with Crippen LogP contribution in [0.3, 0.4) is 0 Å². The molecule has 0 bridgehead atoms. The second-order valence-corrected chi connectivity index (χ2v) is 6.40. The number of ether oxygens (including phenoxy) is 2. The number of aliphatic carboxylic acids is 1. The van der Waals surface area contributed by atoms with Crippen LogP contribution in [0.25, 0.3) is 0 Å². The van der Waals surface area contributed by atoms with Crippen LogP contribution in [0.5, 0.6) is 23.0 Å². The van der Waals surface area contributed by atoms with Gasteiger partial charge in [0.05, 0.1) is 0 Å². The minimum Gasteiger partial charge on any atom is -1.00 e. The van der Waals surface area contributed by atoms with Gasteiger partial charge in [0.15, 0.2) is 6.61 Å². The molecular formula is C24H28ClNa2O9+. The van der Waals surface area contributed by atoms with Crippen molar-refractivity contribution in [2.24, 2.45) is 0 Å². The molecule has 0 amide bonds. The van der Waals surface area contributed by atoms with E-state index < -0.39 is 12.6 Å². The number of aryl methyl sites for hydroxylation is 2. The third-order valence-corrected chi connectivity index (χ3v) is 3.50. The van der Waals surface area contributed by atoms with Crippen LogP contribution in [-0.2, 0) is 9.68 Å². The molecule has 0 atom stereocenters. The number of carbonyl (C=O) groups is 1. The summed E-state index contributed by atoms with van der Waals surface area (Å²) in [5, 5.41) is 33.9. The Hall–Kier alpha value is -1.92. The molecule has 0 unspecified atom stereocenters. The van der Waals surface area contributed by atoms with Crippen LogP contribution in [0.4, 0.5) is 0 Å². The summed E-state index contributed by atoms with van der Waals surface area (Å²) in [7, 11) is 0. The number of benzene rings is 3. The molecule has 0 fully saturated rings. The van der Waals surface area contributed by atoms with Gasteiger partial charge in [0.25, 0.3) is 0 Å². The summed E-state index contributed by atoms with van der Waals surface area (Å²) in [5.41, 5.74) is 2.68. The van der Waals surface area contributed by atoms with Gasteiger partial charge < -0.3 is 47.6 Å². The molecule has 0 saturated heterocycles. The van der Waals surface area contributed by atoms with Crippen molar-refractivity contribution in [1.29, 1.82) is 0 Å². The van der Waals surface area contributed by atoms with Gasteiger partial charge in [-0.1, -0.05) is 47.5 Å². The number of halogens is 1. The van der Waals surface area contributed by atoms with Crippen LogP contribution in [0, 0.1) is 13.8 Å². The number of aromatic hydroxyl groups is 2. The monoisotopic (exact) mass is 541 g/mol. The Bertz CT molecular complexity index is 949. The average Bonchev–Trinajstić information content (AvgIpc) is 2.73. The first kappa shape index (κ1) is 41.2. The quantitative estimate of drug-likeness (QED) is 0.105. The summed E-state index contributed by atoms with van der Waals surface area (Å²) in [6.07, 6.45) is 0. The molecule has 0 radical (unpaired) electrons. The van der Waals surface area contributed by atoms with Gasteiger partial charge in [-0.15, -0.1) is 0 Å². The van der Waals surface area contributed by atoms with E-state index >= 15 is 0 Å². The summed E-state index contributed by atoms with van der Waals surface area (Å²) >= 11 is 0. The Morgan fingerprint density at radius 1 is 0.861 bits per heavy atom. The van der Waals surface area contributed by atoms with E-state index in [1.54, 1.807) is 24.3 Å². The molecule has 3 rings (SSSR count). The van der Waals surface area contributed by atoms with E-state index in [9.17, 15) is 4.79 Å². The predicted molar refractivity (Wildman–Crippen MR) is 122 cm³/mol. The molecule has 5 N–H and O–H groups in total. The normalized spacial score (nSPS) is 8.19. The van der Waals surface area contributed by atoms with Crippen molar-refractivity contribution < 1.29 is 118 Å². The first-order valence-corrected chi connectivity index (χ1v) is 9.33. The fraction of sp³-hybridized carbons (Fsp3) is 0.125. The van der Waals surface area contributed by atoms with Crippen molar-refractivity contribution in [3.05, 3.63) is 96.4 Å². The van der Waals surface area contributed by atoms with Gasteiger partial charge in [-0.2, -0.15) is 5.26 Å². The molecule has 0 aliphatic heterocycles. The second kappa shape index (κ2) is 23.5. The molecule has 3 aromatic rings. The Morgan fingerprint density at radius 3 is 1.72 bits per heavy atom. The van der Waals surface area contributed by atoms with E-state index in [0.717, 1.165) is 0 Å². The zero-order valence-electron chi connectivity index (χ0n) is 21.6. The van der Waals surface area contributed by atoms with Crippen molar-refractivity contribution in [3.63, 3.8) is 0 Å². The Balaban J connectivity index is -0.000000140. The number of carboxylic acids is 1. The van der Waals surface area contributed by atoms with Gasteiger partial charge in [-0.05, 0) is 44.7 Å². The Labute approximate surface area is 262 Å². The minimum absolute atomic E-state index is 0. The first-order valence-electron chi connectivity index (χ1n) is 9.33. The largest absolute Gasteiger partial charge is 1.00 e. The first-order chi connectivity index (χ1) is 15.2. The molecule has 36 heavy (non-hydrogen) atoms. The summed E-state index contributed by atoms with van der Waals surface area (Å²) in [6.45, 7) is 7.01. The van der Waals surface area contributed by atoms with E-state index in [-0.39, 0.29) is 95.9 Å². The summed E-state index contributed by atoms with van der Waals surface area (Å²) in [5.74, 6) is -0.563. The van der Waals surface area contributed by atoms with Gasteiger partial charge in [0, 0.05) is 12.1 Å². The Morgan fingerprint density at radius 2 is 1.33 bits per heavy atom. The van der Waals surface area contributed by atoms with Gasteiger partial charge in [-0.25, -0.2) is 4.79 Å². The molecule has 0 heterocycles. The fourth-order valence-electron chi connectivity index (χ4n) is 2.22. The third kappa shape index (κ3) is 20.3. The summed E-state index contributed by atoms with van der Waals surface area (Å²) in [4.78, 5) is 14.0. The van der Waals surface area contributed by atoms with Gasteiger partial charge in [-0.3, -0.25) is 0 Å². The zero-order valence-corrected chi connectivity index (χ0v) is 25.3. The van der Waals surface area contributed by atoms with Crippen LogP contribution in [0.2, 0.25) is 0 Å². The minimum atomic E-state index is -1.07. The molecule has 0 spiro atoms. The van der Waals surface area contributed by atoms with E-state index in [0.29, 0.717) is 11.5 Å². The van der Waals surface area contributed by atoms with Crippen LogP contribution in [-0.4, -0.2) is 38.6 Å². The Kier molecular flexibility index (Phi) is 26.9. The van der Waals surface area contributed by atoms with E-state index in [1.807, 2.05) is 0 Å². The van der Waals surface area contributed by atoms with Crippen LogP contribution < -0.4 is 81.0 Å². The van der Waals surface area contributed by atoms with Crippen molar-refractivity contribution in [3.8, 4) is 23.0 Å². The molecule has 9 nitrogen and oxygen atoms in total. The standard InChI is InChI=1S/C10H10O6.C8H10.C6H6O2.ClH.2Na.H2O/c1-7(16-13)15-9-4-2-3-8(5-9)14-6-10(11)12;1-7-4-3-5-8(2)6-7;7-5-2-1-3-6(8)4-5;;;;/h2-5,13H,1,6H2,(H,11,12);3-6H,1-2H3;1-4,7-8H;1H;;;1H2/q;;;;2*+1;/p-1. The molecule has 12 heteroatoms. The smallest absolute Gasteiger partial charge is 1.00 e. The average molecular weight is 542 g/mol. The number of phenols is 2. The van der Waals surface area contributed by atoms with Crippen molar-refractivity contribution in [1.82, 2.24) is 0 Å². The number of carboxylic acid groups (broad SMARTS) is 1. The number of phenolic OH excluding ortho intramolecular Hbond substituents is 2. The van der Waals surface area contributed by atoms with Crippen molar-refractivity contribution in [2.45, 2.75) is 13.8 Å². The SMILES string of the molecule is C=C(OO)Oc1cccc(OCC(=O)O)c1.Cc1cccc(C)c1.Oc1cccc(O)c1.[Cl-].[H+].[Na+].[Na+].[OH-]. The molecule has 0 aliphatic carbocycles. The third-order valence-electron chi connectivity index (χ3n) is 3.50. The second-order valence-electron chi connectivity index (χ2n) is 6.40. The van der Waals surface area contributed by atoms with E-state index in [4.69, 9.17) is 30.1 Å². The molecule has 3 aromatic carbocycles. The maximum atomic E-state index is 10.3. The van der Waals surface area contributed by atoms with E-state index in [1.165, 1.54) is 35.4 Å². The zero-order chi connectivity index (χ0) is 23.9. The van der Waals surface area contributed by atoms with E-state index in [2.05, 4.69) is 49.6 Å².